The van der Waals surface area contributed by atoms with Crippen LogP contribution in [0, 0.1) is 0 Å². The maximum atomic E-state index is 12.9. The summed E-state index contributed by atoms with van der Waals surface area (Å²) in [5.41, 5.74) is 3.71. The average Bonchev–Trinajstić information content (AvgIpc) is 3.00. The highest BCUT2D eigenvalue weighted by Gasteiger charge is 2.58. The van der Waals surface area contributed by atoms with Crippen LogP contribution in [0.4, 0.5) is 5.69 Å². The Kier molecular flexibility index (Phi) is 4.90. The average molecular weight is 426 g/mol. The van der Waals surface area contributed by atoms with Gasteiger partial charge in [-0.3, -0.25) is 4.79 Å². The number of para-hydroxylation sites is 1. The fraction of sp³-hybridized carbons (Fsp3) is 0.250. The summed E-state index contributed by atoms with van der Waals surface area (Å²) in [5.74, 6) is 0.790. The van der Waals surface area contributed by atoms with Gasteiger partial charge in [0.15, 0.2) is 5.78 Å². The molecule has 0 N–H and O–H groups in total. The first-order valence-corrected chi connectivity index (χ1v) is 11.0. The molecule has 0 bridgehead atoms. The SMILES string of the molecule is COCCN1c2ccccc2C(C)(C)C12C=Cc1cc(C(=O)c3ccccc3)ccc1O2. The summed E-state index contributed by atoms with van der Waals surface area (Å²) in [5, 5.41) is 0. The standard InChI is InChI=1S/C28H27NO3/c1-27(2)23-11-7-8-12-24(23)29(17-18-31-3)28(27)16-15-21-19-22(13-14-25(21)32-28)26(30)20-9-5-4-6-10-20/h4-16,19H,17-18H2,1-3H3. The van der Waals surface area contributed by atoms with Crippen LogP contribution in [-0.4, -0.2) is 31.8 Å². The summed E-state index contributed by atoms with van der Waals surface area (Å²) in [7, 11) is 1.72. The third-order valence-corrected chi connectivity index (χ3v) is 6.75. The number of benzene rings is 3. The predicted molar refractivity (Wildman–Crippen MR) is 127 cm³/mol. The second kappa shape index (κ2) is 7.64. The first-order valence-electron chi connectivity index (χ1n) is 11.0. The molecule has 0 aliphatic carbocycles. The highest BCUT2D eigenvalue weighted by atomic mass is 16.5. The number of hydrogen-bond acceptors (Lipinski definition) is 4. The van der Waals surface area contributed by atoms with Gasteiger partial charge < -0.3 is 14.4 Å². The number of nitrogens with zero attached hydrogens (tertiary/aromatic N) is 1. The minimum absolute atomic E-state index is 0.0115. The van der Waals surface area contributed by atoms with Crippen molar-refractivity contribution < 1.29 is 14.3 Å². The number of hydrogen-bond donors (Lipinski definition) is 0. The van der Waals surface area contributed by atoms with E-state index in [0.717, 1.165) is 11.3 Å². The zero-order valence-corrected chi connectivity index (χ0v) is 18.7. The molecule has 2 heterocycles. The fourth-order valence-electron chi connectivity index (χ4n) is 4.97. The van der Waals surface area contributed by atoms with Gasteiger partial charge in [-0.15, -0.1) is 0 Å². The topological polar surface area (TPSA) is 38.8 Å². The summed E-state index contributed by atoms with van der Waals surface area (Å²) >= 11 is 0. The van der Waals surface area contributed by atoms with Crippen LogP contribution >= 0.6 is 0 Å². The number of fused-ring (bicyclic) bond motifs is 2. The van der Waals surface area contributed by atoms with Crippen LogP contribution in [0.25, 0.3) is 6.08 Å². The van der Waals surface area contributed by atoms with E-state index in [2.05, 4.69) is 55.2 Å². The Bertz CT molecular complexity index is 1200. The zero-order valence-electron chi connectivity index (χ0n) is 18.7. The monoisotopic (exact) mass is 425 g/mol. The van der Waals surface area contributed by atoms with Gasteiger partial charge >= 0.3 is 0 Å². The Morgan fingerprint density at radius 2 is 1.72 bits per heavy atom. The molecule has 1 spiro atoms. The number of rotatable bonds is 5. The van der Waals surface area contributed by atoms with Gasteiger partial charge in [-0.1, -0.05) is 48.5 Å². The number of carbonyl (C=O) groups excluding carboxylic acids is 1. The molecule has 3 aromatic rings. The van der Waals surface area contributed by atoms with E-state index in [1.165, 1.54) is 11.3 Å². The van der Waals surface area contributed by atoms with Crippen molar-refractivity contribution in [1.29, 1.82) is 0 Å². The summed E-state index contributed by atoms with van der Waals surface area (Å²) in [6.45, 7) is 5.75. The molecule has 4 nitrogen and oxygen atoms in total. The smallest absolute Gasteiger partial charge is 0.212 e. The third kappa shape index (κ3) is 2.98. The van der Waals surface area contributed by atoms with Crippen LogP contribution in [0.5, 0.6) is 5.75 Å². The molecule has 2 aliphatic heterocycles. The van der Waals surface area contributed by atoms with Crippen molar-refractivity contribution in [2.45, 2.75) is 25.0 Å². The van der Waals surface area contributed by atoms with E-state index in [0.29, 0.717) is 24.3 Å². The summed E-state index contributed by atoms with van der Waals surface area (Å²) < 4.78 is 12.2. The summed E-state index contributed by atoms with van der Waals surface area (Å²) in [6.07, 6.45) is 4.23. The van der Waals surface area contributed by atoms with Crippen molar-refractivity contribution >= 4 is 17.5 Å². The lowest BCUT2D eigenvalue weighted by molar-refractivity contribution is 0.0484. The molecule has 0 saturated carbocycles. The van der Waals surface area contributed by atoms with E-state index in [9.17, 15) is 4.79 Å². The quantitative estimate of drug-likeness (QED) is 0.509. The summed E-state index contributed by atoms with van der Waals surface area (Å²) in [4.78, 5) is 15.2. The van der Waals surface area contributed by atoms with E-state index in [1.54, 1.807) is 7.11 Å². The van der Waals surface area contributed by atoms with Crippen molar-refractivity contribution in [3.05, 3.63) is 101 Å². The maximum absolute atomic E-state index is 12.9. The Morgan fingerprint density at radius 3 is 2.50 bits per heavy atom. The lowest BCUT2D eigenvalue weighted by atomic mass is 9.76. The van der Waals surface area contributed by atoms with Gasteiger partial charge in [-0.2, -0.15) is 0 Å². The molecule has 0 amide bonds. The normalized spacial score (nSPS) is 20.0. The first kappa shape index (κ1) is 20.5. The Labute approximate surface area is 189 Å². The Hall–Kier alpha value is -3.37. The Morgan fingerprint density at radius 1 is 0.969 bits per heavy atom. The fourth-order valence-corrected chi connectivity index (χ4v) is 4.97. The Balaban J connectivity index is 1.54. The molecule has 32 heavy (non-hydrogen) atoms. The van der Waals surface area contributed by atoms with Gasteiger partial charge in [-0.25, -0.2) is 0 Å². The third-order valence-electron chi connectivity index (χ3n) is 6.75. The van der Waals surface area contributed by atoms with E-state index in [-0.39, 0.29) is 11.2 Å². The van der Waals surface area contributed by atoms with E-state index in [4.69, 9.17) is 9.47 Å². The van der Waals surface area contributed by atoms with Crippen molar-refractivity contribution in [3.63, 3.8) is 0 Å². The predicted octanol–water partition coefficient (Wildman–Crippen LogP) is 5.46. The van der Waals surface area contributed by atoms with Crippen LogP contribution in [0.15, 0.2) is 78.9 Å². The maximum Gasteiger partial charge on any atom is 0.212 e. The molecular weight excluding hydrogens is 398 g/mol. The van der Waals surface area contributed by atoms with Crippen molar-refractivity contribution in [2.75, 3.05) is 25.2 Å². The van der Waals surface area contributed by atoms with Gasteiger partial charge in [0.05, 0.1) is 12.0 Å². The van der Waals surface area contributed by atoms with Crippen molar-refractivity contribution in [1.82, 2.24) is 0 Å². The molecule has 0 fully saturated rings. The zero-order chi connectivity index (χ0) is 22.3. The highest BCUT2D eigenvalue weighted by molar-refractivity contribution is 6.09. The minimum Gasteiger partial charge on any atom is -0.463 e. The molecule has 0 radical (unpaired) electrons. The number of ether oxygens (including phenoxy) is 2. The number of ketones is 1. The van der Waals surface area contributed by atoms with Crippen LogP contribution < -0.4 is 9.64 Å². The minimum atomic E-state index is -0.673. The van der Waals surface area contributed by atoms with Crippen LogP contribution in [-0.2, 0) is 10.2 Å². The number of anilines is 1. The van der Waals surface area contributed by atoms with Crippen LogP contribution in [0.1, 0.15) is 40.9 Å². The molecule has 0 saturated heterocycles. The highest BCUT2D eigenvalue weighted by Crippen LogP contribution is 2.54. The van der Waals surface area contributed by atoms with Crippen LogP contribution in [0.3, 0.4) is 0 Å². The lowest BCUT2D eigenvalue weighted by Gasteiger charge is -2.47. The number of carbonyl (C=O) groups is 1. The molecule has 0 aromatic heterocycles. The summed E-state index contributed by atoms with van der Waals surface area (Å²) in [6, 6.07) is 23.5. The van der Waals surface area contributed by atoms with Gasteiger partial charge in [0.1, 0.15) is 5.75 Å². The van der Waals surface area contributed by atoms with Crippen molar-refractivity contribution in [3.8, 4) is 5.75 Å². The molecule has 162 valence electrons. The van der Waals surface area contributed by atoms with E-state index in [1.807, 2.05) is 48.5 Å². The second-order valence-electron chi connectivity index (χ2n) is 8.87. The van der Waals surface area contributed by atoms with Gasteiger partial charge in [-0.05, 0) is 55.8 Å². The first-order chi connectivity index (χ1) is 15.5. The van der Waals surface area contributed by atoms with Gasteiger partial charge in [0.25, 0.3) is 0 Å². The molecule has 5 rings (SSSR count). The van der Waals surface area contributed by atoms with Gasteiger partial charge in [0.2, 0.25) is 5.72 Å². The lowest BCUT2D eigenvalue weighted by Crippen LogP contribution is -2.60. The van der Waals surface area contributed by atoms with Gasteiger partial charge in [0, 0.05) is 36.0 Å². The molecule has 1 atom stereocenters. The van der Waals surface area contributed by atoms with Crippen molar-refractivity contribution in [2.24, 2.45) is 0 Å². The molecule has 2 aliphatic rings. The largest absolute Gasteiger partial charge is 0.463 e. The molecule has 4 heteroatoms. The number of methoxy groups -OCH3 is 1. The molecular formula is C28H27NO3. The van der Waals surface area contributed by atoms with E-state index < -0.39 is 5.72 Å². The molecule has 1 unspecified atom stereocenters. The van der Waals surface area contributed by atoms with Crippen LogP contribution in [0.2, 0.25) is 0 Å². The second-order valence-corrected chi connectivity index (χ2v) is 8.87. The molecule has 3 aromatic carbocycles. The van der Waals surface area contributed by atoms with E-state index >= 15 is 0 Å².